The van der Waals surface area contributed by atoms with Gasteiger partial charge in [-0.2, -0.15) is 0 Å². The lowest BCUT2D eigenvalue weighted by Gasteiger charge is -2.24. The Kier molecular flexibility index (Phi) is 3.81. The fourth-order valence-electron chi connectivity index (χ4n) is 2.28. The van der Waals surface area contributed by atoms with Crippen molar-refractivity contribution in [2.45, 2.75) is 18.9 Å². The third-order valence-corrected chi connectivity index (χ3v) is 3.45. The van der Waals surface area contributed by atoms with Crippen LogP contribution in [0.3, 0.4) is 0 Å². The highest BCUT2D eigenvalue weighted by Crippen LogP contribution is 2.25. The number of nitrogens with two attached hydrogens (primary N) is 1. The van der Waals surface area contributed by atoms with E-state index in [1.807, 2.05) is 12.1 Å². The minimum atomic E-state index is -0.127. The minimum Gasteiger partial charge on any atom is -0.496 e. The Morgan fingerprint density at radius 1 is 1.50 bits per heavy atom. The zero-order valence-electron chi connectivity index (χ0n) is 10.3. The summed E-state index contributed by atoms with van der Waals surface area (Å²) in [4.78, 5) is 14.6. The molecule has 0 saturated carbocycles. The second-order valence-corrected chi connectivity index (χ2v) is 4.73. The van der Waals surface area contributed by atoms with Crippen molar-refractivity contribution >= 4 is 23.1 Å². The van der Waals surface area contributed by atoms with Crippen LogP contribution in [0.25, 0.3) is 0 Å². The second-order valence-electron chi connectivity index (χ2n) is 4.26. The van der Waals surface area contributed by atoms with E-state index in [9.17, 15) is 4.79 Å². The van der Waals surface area contributed by atoms with E-state index < -0.39 is 0 Å². The average Bonchev–Trinajstić information content (AvgIpc) is 2.87. The SMILES string of the molecule is COc1ccccc1C(=O)N1CCCC1C(N)=S. The van der Waals surface area contributed by atoms with Crippen LogP contribution >= 0.6 is 12.2 Å². The first kappa shape index (κ1) is 12.8. The van der Waals surface area contributed by atoms with Gasteiger partial charge >= 0.3 is 0 Å². The maximum Gasteiger partial charge on any atom is 0.258 e. The number of likely N-dealkylation sites (tertiary alicyclic amines) is 1. The van der Waals surface area contributed by atoms with Crippen molar-refractivity contribution in [2.75, 3.05) is 13.7 Å². The Balaban J connectivity index is 2.28. The van der Waals surface area contributed by atoms with Gasteiger partial charge in [-0.3, -0.25) is 4.79 Å². The second kappa shape index (κ2) is 5.35. The topological polar surface area (TPSA) is 55.6 Å². The van der Waals surface area contributed by atoms with E-state index >= 15 is 0 Å². The van der Waals surface area contributed by atoms with Gasteiger partial charge in [0, 0.05) is 6.54 Å². The molecule has 5 heteroatoms. The fourth-order valence-corrected chi connectivity index (χ4v) is 2.53. The molecule has 96 valence electrons. The summed E-state index contributed by atoms with van der Waals surface area (Å²) in [6.45, 7) is 0.693. The van der Waals surface area contributed by atoms with Crippen LogP contribution in [0, 0.1) is 0 Å². The number of thiocarbonyl (C=S) groups is 1. The first-order valence-electron chi connectivity index (χ1n) is 5.88. The molecule has 1 aromatic carbocycles. The van der Waals surface area contributed by atoms with E-state index in [1.54, 1.807) is 24.1 Å². The van der Waals surface area contributed by atoms with Gasteiger partial charge in [0.15, 0.2) is 0 Å². The lowest BCUT2D eigenvalue weighted by Crippen LogP contribution is -2.42. The first-order valence-corrected chi connectivity index (χ1v) is 6.29. The predicted octanol–water partition coefficient (Wildman–Crippen LogP) is 1.59. The van der Waals surface area contributed by atoms with E-state index in [0.29, 0.717) is 22.8 Å². The summed E-state index contributed by atoms with van der Waals surface area (Å²) >= 11 is 5.02. The largest absolute Gasteiger partial charge is 0.496 e. The van der Waals surface area contributed by atoms with Gasteiger partial charge in [-0.15, -0.1) is 0 Å². The molecular formula is C13H16N2O2S. The van der Waals surface area contributed by atoms with Crippen LogP contribution in [0.1, 0.15) is 23.2 Å². The summed E-state index contributed by atoms with van der Waals surface area (Å²) < 4.78 is 5.21. The van der Waals surface area contributed by atoms with Crippen molar-refractivity contribution in [3.8, 4) is 5.75 Å². The number of hydrogen-bond donors (Lipinski definition) is 1. The summed E-state index contributed by atoms with van der Waals surface area (Å²) in [5, 5.41) is 0. The number of carbonyl (C=O) groups is 1. The molecule has 4 nitrogen and oxygen atoms in total. The van der Waals surface area contributed by atoms with E-state index in [2.05, 4.69) is 0 Å². The summed E-state index contributed by atoms with van der Waals surface area (Å²) in [6, 6.07) is 7.07. The van der Waals surface area contributed by atoms with E-state index in [4.69, 9.17) is 22.7 Å². The number of amides is 1. The number of methoxy groups -OCH3 is 1. The standard InChI is InChI=1S/C13H16N2O2S/c1-17-11-7-3-2-5-9(11)13(16)15-8-4-6-10(15)12(14)18/h2-3,5,7,10H,4,6,8H2,1H3,(H2,14,18). The number of nitrogens with zero attached hydrogens (tertiary/aromatic N) is 1. The van der Waals surface area contributed by atoms with Crippen LogP contribution in [0.15, 0.2) is 24.3 Å². The predicted molar refractivity (Wildman–Crippen MR) is 73.8 cm³/mol. The van der Waals surface area contributed by atoms with Gasteiger partial charge in [0.1, 0.15) is 5.75 Å². The molecule has 0 spiro atoms. The van der Waals surface area contributed by atoms with Crippen LogP contribution in [-0.2, 0) is 0 Å². The molecule has 0 radical (unpaired) electrons. The summed E-state index contributed by atoms with van der Waals surface area (Å²) in [7, 11) is 1.56. The molecule has 0 bridgehead atoms. The van der Waals surface area contributed by atoms with E-state index in [1.165, 1.54) is 0 Å². The molecule has 0 aromatic heterocycles. The lowest BCUT2D eigenvalue weighted by molar-refractivity contribution is 0.0767. The zero-order chi connectivity index (χ0) is 13.1. The zero-order valence-corrected chi connectivity index (χ0v) is 11.1. The van der Waals surface area contributed by atoms with Crippen molar-refractivity contribution in [3.05, 3.63) is 29.8 Å². The van der Waals surface area contributed by atoms with Crippen molar-refractivity contribution < 1.29 is 9.53 Å². The van der Waals surface area contributed by atoms with Gasteiger partial charge in [0.2, 0.25) is 0 Å². The van der Waals surface area contributed by atoms with Gasteiger partial charge < -0.3 is 15.4 Å². The molecule has 1 aliphatic rings. The minimum absolute atomic E-state index is 0.0669. The Hall–Kier alpha value is -1.62. The summed E-state index contributed by atoms with van der Waals surface area (Å²) in [5.74, 6) is 0.513. The Morgan fingerprint density at radius 3 is 2.89 bits per heavy atom. The van der Waals surface area contributed by atoms with Crippen LogP contribution in [-0.4, -0.2) is 35.5 Å². The molecule has 1 saturated heterocycles. The third-order valence-electron chi connectivity index (χ3n) is 3.18. The van der Waals surface area contributed by atoms with Crippen molar-refractivity contribution in [1.82, 2.24) is 4.90 Å². The number of carbonyl (C=O) groups excluding carboxylic acids is 1. The fraction of sp³-hybridized carbons (Fsp3) is 0.385. The van der Waals surface area contributed by atoms with Crippen molar-refractivity contribution in [3.63, 3.8) is 0 Å². The molecule has 2 N–H and O–H groups in total. The monoisotopic (exact) mass is 264 g/mol. The van der Waals surface area contributed by atoms with Crippen LogP contribution in [0.2, 0.25) is 0 Å². The molecule has 2 rings (SSSR count). The quantitative estimate of drug-likeness (QED) is 0.842. The molecule has 1 unspecified atom stereocenters. The van der Waals surface area contributed by atoms with Crippen LogP contribution in [0.4, 0.5) is 0 Å². The Labute approximate surface area is 112 Å². The smallest absolute Gasteiger partial charge is 0.258 e. The molecule has 18 heavy (non-hydrogen) atoms. The molecule has 1 aliphatic heterocycles. The third kappa shape index (κ3) is 2.31. The number of hydrogen-bond acceptors (Lipinski definition) is 3. The molecule has 1 aromatic rings. The molecule has 0 aliphatic carbocycles. The van der Waals surface area contributed by atoms with Crippen molar-refractivity contribution in [1.29, 1.82) is 0 Å². The van der Waals surface area contributed by atoms with Gasteiger partial charge in [-0.05, 0) is 25.0 Å². The number of benzene rings is 1. The molecule has 1 fully saturated rings. The van der Waals surface area contributed by atoms with Crippen LogP contribution < -0.4 is 10.5 Å². The Bertz CT molecular complexity index is 476. The normalized spacial score (nSPS) is 18.7. The van der Waals surface area contributed by atoms with E-state index in [-0.39, 0.29) is 11.9 Å². The van der Waals surface area contributed by atoms with Gasteiger partial charge in [-0.1, -0.05) is 24.4 Å². The van der Waals surface area contributed by atoms with Gasteiger partial charge in [-0.25, -0.2) is 0 Å². The average molecular weight is 264 g/mol. The molecular weight excluding hydrogens is 248 g/mol. The molecule has 1 atom stereocenters. The maximum atomic E-state index is 12.5. The van der Waals surface area contributed by atoms with E-state index in [0.717, 1.165) is 12.8 Å². The van der Waals surface area contributed by atoms with Crippen LogP contribution in [0.5, 0.6) is 5.75 Å². The maximum absolute atomic E-state index is 12.5. The molecule has 1 amide bonds. The van der Waals surface area contributed by atoms with Crippen molar-refractivity contribution in [2.24, 2.45) is 5.73 Å². The molecule has 1 heterocycles. The highest BCUT2D eigenvalue weighted by Gasteiger charge is 2.32. The summed E-state index contributed by atoms with van der Waals surface area (Å²) in [5.41, 5.74) is 6.24. The highest BCUT2D eigenvalue weighted by molar-refractivity contribution is 7.80. The number of ether oxygens (including phenoxy) is 1. The Morgan fingerprint density at radius 2 is 2.22 bits per heavy atom. The lowest BCUT2D eigenvalue weighted by atomic mass is 10.1. The van der Waals surface area contributed by atoms with Gasteiger partial charge in [0.05, 0.1) is 23.7 Å². The van der Waals surface area contributed by atoms with Gasteiger partial charge in [0.25, 0.3) is 5.91 Å². The number of para-hydroxylation sites is 1. The summed E-state index contributed by atoms with van der Waals surface area (Å²) in [6.07, 6.45) is 1.78. The number of rotatable bonds is 3. The highest BCUT2D eigenvalue weighted by atomic mass is 32.1. The first-order chi connectivity index (χ1) is 8.65.